The van der Waals surface area contributed by atoms with Crippen molar-refractivity contribution in [3.63, 3.8) is 0 Å². The largest absolute Gasteiger partial charge is 0.497 e. The van der Waals surface area contributed by atoms with Gasteiger partial charge in [-0.25, -0.2) is 0 Å². The van der Waals surface area contributed by atoms with Gasteiger partial charge in [-0.2, -0.15) is 0 Å². The third-order valence-corrected chi connectivity index (χ3v) is 4.69. The molecule has 27 heavy (non-hydrogen) atoms. The standard InChI is InChI=1S/C20H24N2O4S/c1-14(11-17-5-4-10-27-17)20(24)22-13-19(23)21-9-8-15-12-16(25-2)6-7-18(15)26-3/h4-7,10-12H,8-9,13H2,1-3H3,(H,21,23)(H,22,24)/b14-11+. The van der Waals surface area contributed by atoms with E-state index in [0.29, 0.717) is 18.5 Å². The third kappa shape index (κ3) is 6.45. The molecule has 2 amide bonds. The van der Waals surface area contributed by atoms with Crippen LogP contribution >= 0.6 is 11.3 Å². The van der Waals surface area contributed by atoms with Gasteiger partial charge in [-0.05, 0) is 54.6 Å². The molecule has 0 aliphatic rings. The number of carbonyl (C=O) groups is 2. The lowest BCUT2D eigenvalue weighted by atomic mass is 10.1. The van der Waals surface area contributed by atoms with Crippen molar-refractivity contribution < 1.29 is 19.1 Å². The molecule has 1 heterocycles. The Morgan fingerprint density at radius 2 is 1.96 bits per heavy atom. The summed E-state index contributed by atoms with van der Waals surface area (Å²) in [4.78, 5) is 25.0. The fraction of sp³-hybridized carbons (Fsp3) is 0.300. The van der Waals surface area contributed by atoms with Crippen molar-refractivity contribution in [2.24, 2.45) is 0 Å². The normalized spacial score (nSPS) is 11.0. The Morgan fingerprint density at radius 1 is 1.15 bits per heavy atom. The Hall–Kier alpha value is -2.80. The van der Waals surface area contributed by atoms with E-state index in [4.69, 9.17) is 9.47 Å². The number of ether oxygens (including phenoxy) is 2. The first kappa shape index (κ1) is 20.5. The van der Waals surface area contributed by atoms with Gasteiger partial charge in [0.15, 0.2) is 0 Å². The van der Waals surface area contributed by atoms with Gasteiger partial charge in [-0.1, -0.05) is 6.07 Å². The van der Waals surface area contributed by atoms with Gasteiger partial charge >= 0.3 is 0 Å². The quantitative estimate of drug-likeness (QED) is 0.648. The van der Waals surface area contributed by atoms with Crippen molar-refractivity contribution in [2.75, 3.05) is 27.3 Å². The van der Waals surface area contributed by atoms with Crippen LogP contribution in [-0.4, -0.2) is 39.1 Å². The third-order valence-electron chi connectivity index (χ3n) is 3.87. The van der Waals surface area contributed by atoms with Crippen molar-refractivity contribution in [2.45, 2.75) is 13.3 Å². The minimum absolute atomic E-state index is 0.0658. The van der Waals surface area contributed by atoms with E-state index >= 15 is 0 Å². The van der Waals surface area contributed by atoms with Crippen LogP contribution in [0.5, 0.6) is 11.5 Å². The molecule has 0 atom stereocenters. The van der Waals surface area contributed by atoms with Crippen LogP contribution < -0.4 is 20.1 Å². The van der Waals surface area contributed by atoms with Crippen LogP contribution in [-0.2, 0) is 16.0 Å². The van der Waals surface area contributed by atoms with E-state index in [9.17, 15) is 9.59 Å². The van der Waals surface area contributed by atoms with Gasteiger partial charge in [0.05, 0.1) is 20.8 Å². The van der Waals surface area contributed by atoms with Crippen LogP contribution in [0.25, 0.3) is 6.08 Å². The summed E-state index contributed by atoms with van der Waals surface area (Å²) in [7, 11) is 3.20. The van der Waals surface area contributed by atoms with Crippen molar-refractivity contribution in [1.82, 2.24) is 10.6 Å². The molecule has 0 aliphatic carbocycles. The van der Waals surface area contributed by atoms with Gasteiger partial charge in [-0.3, -0.25) is 9.59 Å². The molecular formula is C20H24N2O4S. The monoisotopic (exact) mass is 388 g/mol. The predicted molar refractivity (Wildman–Crippen MR) is 107 cm³/mol. The molecule has 0 aliphatic heterocycles. The van der Waals surface area contributed by atoms with Gasteiger partial charge in [0, 0.05) is 17.0 Å². The van der Waals surface area contributed by atoms with Gasteiger partial charge in [-0.15, -0.1) is 11.3 Å². The van der Waals surface area contributed by atoms with Crippen LogP contribution in [0.15, 0.2) is 41.3 Å². The second-order valence-electron chi connectivity index (χ2n) is 5.80. The van der Waals surface area contributed by atoms with E-state index in [2.05, 4.69) is 10.6 Å². The van der Waals surface area contributed by atoms with Crippen LogP contribution in [0, 0.1) is 0 Å². The number of benzene rings is 1. The van der Waals surface area contributed by atoms with Gasteiger partial charge in [0.1, 0.15) is 11.5 Å². The van der Waals surface area contributed by atoms with Crippen molar-refractivity contribution in [1.29, 1.82) is 0 Å². The number of carbonyl (C=O) groups excluding carboxylic acids is 2. The summed E-state index contributed by atoms with van der Waals surface area (Å²) in [5, 5.41) is 7.36. The zero-order valence-electron chi connectivity index (χ0n) is 15.7. The number of nitrogens with one attached hydrogen (secondary N) is 2. The fourth-order valence-electron chi connectivity index (χ4n) is 2.43. The molecular weight excluding hydrogens is 364 g/mol. The lowest BCUT2D eigenvalue weighted by Gasteiger charge is -2.11. The molecule has 0 unspecified atom stereocenters. The molecule has 0 saturated carbocycles. The van der Waals surface area contributed by atoms with Crippen molar-refractivity contribution in [3.8, 4) is 11.5 Å². The minimum Gasteiger partial charge on any atom is -0.497 e. The Bertz CT molecular complexity index is 800. The summed E-state index contributed by atoms with van der Waals surface area (Å²) in [6, 6.07) is 9.39. The van der Waals surface area contributed by atoms with Gasteiger partial charge in [0.25, 0.3) is 0 Å². The summed E-state index contributed by atoms with van der Waals surface area (Å²) in [6.07, 6.45) is 2.39. The lowest BCUT2D eigenvalue weighted by Crippen LogP contribution is -2.38. The Balaban J connectivity index is 1.77. The smallest absolute Gasteiger partial charge is 0.247 e. The number of thiophene rings is 1. The van der Waals surface area contributed by atoms with Crippen LogP contribution in [0.4, 0.5) is 0 Å². The molecule has 0 saturated heterocycles. The highest BCUT2D eigenvalue weighted by molar-refractivity contribution is 7.10. The SMILES string of the molecule is COc1ccc(OC)c(CCNC(=O)CNC(=O)/C(C)=C/c2cccs2)c1. The Morgan fingerprint density at radius 3 is 2.63 bits per heavy atom. The van der Waals surface area contributed by atoms with E-state index in [1.807, 2.05) is 35.7 Å². The first-order valence-corrected chi connectivity index (χ1v) is 9.39. The van der Waals surface area contributed by atoms with Gasteiger partial charge in [0.2, 0.25) is 11.8 Å². The van der Waals surface area contributed by atoms with Crippen molar-refractivity contribution in [3.05, 3.63) is 51.7 Å². The number of amides is 2. The fourth-order valence-corrected chi connectivity index (χ4v) is 3.14. The zero-order valence-corrected chi connectivity index (χ0v) is 16.5. The molecule has 144 valence electrons. The highest BCUT2D eigenvalue weighted by Gasteiger charge is 2.09. The molecule has 6 nitrogen and oxygen atoms in total. The Labute approximate surface area is 163 Å². The first-order chi connectivity index (χ1) is 13.0. The van der Waals surface area contributed by atoms with Crippen LogP contribution in [0.1, 0.15) is 17.4 Å². The van der Waals surface area contributed by atoms with E-state index < -0.39 is 0 Å². The first-order valence-electron chi connectivity index (χ1n) is 8.51. The molecule has 2 rings (SSSR count). The number of hydrogen-bond acceptors (Lipinski definition) is 5. The number of methoxy groups -OCH3 is 2. The average Bonchev–Trinajstić information content (AvgIpc) is 3.18. The second-order valence-corrected chi connectivity index (χ2v) is 6.78. The summed E-state index contributed by atoms with van der Waals surface area (Å²) in [5.74, 6) is 0.979. The van der Waals surface area contributed by atoms with E-state index in [-0.39, 0.29) is 18.4 Å². The molecule has 1 aromatic carbocycles. The molecule has 1 aromatic heterocycles. The van der Waals surface area contributed by atoms with Gasteiger partial charge < -0.3 is 20.1 Å². The molecule has 7 heteroatoms. The molecule has 0 radical (unpaired) electrons. The summed E-state index contributed by atoms with van der Waals surface area (Å²) in [6.45, 7) is 2.09. The zero-order chi connectivity index (χ0) is 19.6. The van der Waals surface area contributed by atoms with E-state index in [1.54, 1.807) is 38.6 Å². The van der Waals surface area contributed by atoms with Crippen LogP contribution in [0.2, 0.25) is 0 Å². The summed E-state index contributed by atoms with van der Waals surface area (Å²) >= 11 is 1.55. The number of hydrogen-bond donors (Lipinski definition) is 2. The molecule has 2 aromatic rings. The summed E-state index contributed by atoms with van der Waals surface area (Å²) < 4.78 is 10.5. The predicted octanol–water partition coefficient (Wildman–Crippen LogP) is 2.64. The summed E-state index contributed by atoms with van der Waals surface area (Å²) in [5.41, 5.74) is 1.50. The molecule has 0 spiro atoms. The maximum atomic E-state index is 12.0. The second kappa shape index (κ2) is 10.4. The highest BCUT2D eigenvalue weighted by atomic mass is 32.1. The van der Waals surface area contributed by atoms with E-state index in [1.165, 1.54) is 0 Å². The van der Waals surface area contributed by atoms with Crippen molar-refractivity contribution >= 4 is 29.2 Å². The van der Waals surface area contributed by atoms with Crippen LogP contribution in [0.3, 0.4) is 0 Å². The molecule has 2 N–H and O–H groups in total. The van der Waals surface area contributed by atoms with E-state index in [0.717, 1.165) is 21.9 Å². The molecule has 0 bridgehead atoms. The Kier molecular flexibility index (Phi) is 7.88. The maximum Gasteiger partial charge on any atom is 0.247 e. The highest BCUT2D eigenvalue weighted by Crippen LogP contribution is 2.24. The average molecular weight is 388 g/mol. The topological polar surface area (TPSA) is 76.7 Å². The lowest BCUT2D eigenvalue weighted by molar-refractivity contribution is -0.124. The number of rotatable bonds is 9. The maximum absolute atomic E-state index is 12.0. The minimum atomic E-state index is -0.256. The molecule has 0 fully saturated rings.